The zero-order valence-corrected chi connectivity index (χ0v) is 19.5. The predicted octanol–water partition coefficient (Wildman–Crippen LogP) is 4.32. The lowest BCUT2D eigenvalue weighted by atomic mass is 9.82. The van der Waals surface area contributed by atoms with Crippen molar-refractivity contribution >= 4 is 7.82 Å². The van der Waals surface area contributed by atoms with Crippen LogP contribution in [0.2, 0.25) is 0 Å². The van der Waals surface area contributed by atoms with Crippen molar-refractivity contribution in [2.24, 2.45) is 17.1 Å². The van der Waals surface area contributed by atoms with Crippen LogP contribution in [-0.2, 0) is 26.7 Å². The maximum absolute atomic E-state index is 11.0. The van der Waals surface area contributed by atoms with Gasteiger partial charge in [0.25, 0.3) is 0 Å². The molecule has 0 aliphatic heterocycles. The Balaban J connectivity index is 1.52. The van der Waals surface area contributed by atoms with Crippen molar-refractivity contribution < 1.29 is 23.6 Å². The van der Waals surface area contributed by atoms with Crippen LogP contribution in [0, 0.1) is 11.3 Å². The number of phosphoric ester groups is 1. The second-order valence-electron chi connectivity index (χ2n) is 10.6. The van der Waals surface area contributed by atoms with E-state index >= 15 is 0 Å². The average molecular weight is 440 g/mol. The van der Waals surface area contributed by atoms with Gasteiger partial charge in [-0.15, -0.1) is 0 Å². The maximum atomic E-state index is 11.0. The van der Waals surface area contributed by atoms with Gasteiger partial charge in [-0.1, -0.05) is 39.0 Å². The Morgan fingerprint density at radius 2 is 2.00 bits per heavy atom. The molecule has 0 heterocycles. The topological polar surface area (TPSA) is 102 Å². The van der Waals surface area contributed by atoms with Crippen LogP contribution in [0.1, 0.15) is 75.5 Å². The smallest absolute Gasteiger partial charge is 0.381 e. The van der Waals surface area contributed by atoms with Gasteiger partial charge in [-0.3, -0.25) is 4.52 Å². The van der Waals surface area contributed by atoms with Gasteiger partial charge < -0.3 is 20.3 Å². The Morgan fingerprint density at radius 1 is 1.23 bits per heavy atom. The van der Waals surface area contributed by atoms with E-state index in [1.807, 2.05) is 0 Å². The van der Waals surface area contributed by atoms with Crippen LogP contribution in [0.3, 0.4) is 0 Å². The van der Waals surface area contributed by atoms with Crippen molar-refractivity contribution in [3.8, 4) is 0 Å². The molecule has 1 aromatic carbocycles. The standard InChI is InChI=1S/C23H38NO5P/c1-22(2,3)10-11-28-15-17-4-5-19-13-20(7-6-18(19)12-17)21-8-9-23(24,14-21)16-29-30(25,26)27/h6-7,13,17,21H,4-5,8-12,14-16,24H2,1-3H3,(H2,25,26,27)/t17-,21+,23-/m1/s1. The third-order valence-electron chi connectivity index (χ3n) is 6.55. The van der Waals surface area contributed by atoms with E-state index in [0.29, 0.717) is 30.1 Å². The Labute approximate surface area is 180 Å². The zero-order valence-electron chi connectivity index (χ0n) is 18.6. The molecule has 6 nitrogen and oxygen atoms in total. The molecule has 7 heteroatoms. The summed E-state index contributed by atoms with van der Waals surface area (Å²) in [6.07, 6.45) is 6.73. The summed E-state index contributed by atoms with van der Waals surface area (Å²) >= 11 is 0. The first-order valence-corrected chi connectivity index (χ1v) is 12.6. The van der Waals surface area contributed by atoms with Gasteiger partial charge >= 0.3 is 7.82 Å². The van der Waals surface area contributed by atoms with Gasteiger partial charge in [0.2, 0.25) is 0 Å². The summed E-state index contributed by atoms with van der Waals surface area (Å²) in [7, 11) is -4.48. The highest BCUT2D eigenvalue weighted by molar-refractivity contribution is 7.46. The third kappa shape index (κ3) is 7.15. The molecule has 4 N–H and O–H groups in total. The molecule has 0 spiro atoms. The van der Waals surface area contributed by atoms with E-state index in [0.717, 1.165) is 45.3 Å². The Bertz CT molecular complexity index is 771. The summed E-state index contributed by atoms with van der Waals surface area (Å²) in [5, 5.41) is 0. The molecule has 1 aromatic rings. The number of benzene rings is 1. The summed E-state index contributed by atoms with van der Waals surface area (Å²) < 4.78 is 21.7. The van der Waals surface area contributed by atoms with Gasteiger partial charge in [0.05, 0.1) is 6.61 Å². The highest BCUT2D eigenvalue weighted by Gasteiger charge is 2.38. The molecule has 1 fully saturated rings. The molecule has 2 aliphatic rings. The fourth-order valence-electron chi connectivity index (χ4n) is 4.66. The number of aryl methyl sites for hydroxylation is 1. The van der Waals surface area contributed by atoms with Crippen LogP contribution in [0.5, 0.6) is 0 Å². The first-order chi connectivity index (χ1) is 13.9. The number of nitrogens with two attached hydrogens (primary N) is 1. The van der Waals surface area contributed by atoms with Crippen molar-refractivity contribution in [3.63, 3.8) is 0 Å². The summed E-state index contributed by atoms with van der Waals surface area (Å²) in [5.74, 6) is 0.912. The van der Waals surface area contributed by atoms with Crippen molar-refractivity contribution in [1.29, 1.82) is 0 Å². The van der Waals surface area contributed by atoms with Crippen molar-refractivity contribution in [2.75, 3.05) is 19.8 Å². The van der Waals surface area contributed by atoms with Crippen LogP contribution in [-0.4, -0.2) is 35.1 Å². The predicted molar refractivity (Wildman–Crippen MR) is 118 cm³/mol. The summed E-state index contributed by atoms with van der Waals surface area (Å²) in [6.45, 7) is 8.31. The van der Waals surface area contributed by atoms with E-state index in [1.165, 1.54) is 16.7 Å². The largest absolute Gasteiger partial charge is 0.469 e. The lowest BCUT2D eigenvalue weighted by Crippen LogP contribution is -2.41. The molecular formula is C23H38NO5P. The maximum Gasteiger partial charge on any atom is 0.469 e. The number of phosphoric acid groups is 1. The van der Waals surface area contributed by atoms with Crippen LogP contribution in [0.15, 0.2) is 18.2 Å². The molecule has 170 valence electrons. The van der Waals surface area contributed by atoms with Crippen LogP contribution < -0.4 is 5.73 Å². The molecule has 0 amide bonds. The van der Waals surface area contributed by atoms with E-state index < -0.39 is 13.4 Å². The first-order valence-electron chi connectivity index (χ1n) is 11.1. The van der Waals surface area contributed by atoms with Gasteiger partial charge in [-0.2, -0.15) is 0 Å². The Kier molecular flexibility index (Phi) is 7.49. The monoisotopic (exact) mass is 439 g/mol. The summed E-state index contributed by atoms with van der Waals surface area (Å²) in [6, 6.07) is 6.79. The SMILES string of the molecule is CC(C)(C)CCOC[C@@H]1CCc2cc([C@H]3CC[C@](N)(COP(=O)(O)O)C3)ccc2C1. The van der Waals surface area contributed by atoms with Gasteiger partial charge in [0.15, 0.2) is 0 Å². The second-order valence-corrected chi connectivity index (χ2v) is 11.8. The fourth-order valence-corrected chi connectivity index (χ4v) is 5.09. The zero-order chi connectivity index (χ0) is 22.0. The molecule has 3 atom stereocenters. The van der Waals surface area contributed by atoms with E-state index in [9.17, 15) is 4.57 Å². The van der Waals surface area contributed by atoms with Gasteiger partial charge in [-0.05, 0) is 78.9 Å². The molecule has 0 bridgehead atoms. The van der Waals surface area contributed by atoms with E-state index in [2.05, 4.69) is 39.0 Å². The quantitative estimate of drug-likeness (QED) is 0.412. The fraction of sp³-hybridized carbons (Fsp3) is 0.739. The number of hydrogen-bond donors (Lipinski definition) is 3. The van der Waals surface area contributed by atoms with Gasteiger partial charge in [0, 0.05) is 18.8 Å². The number of hydrogen-bond acceptors (Lipinski definition) is 4. The third-order valence-corrected chi connectivity index (χ3v) is 7.01. The van der Waals surface area contributed by atoms with Gasteiger partial charge in [-0.25, -0.2) is 4.57 Å². The molecule has 0 radical (unpaired) electrons. The van der Waals surface area contributed by atoms with Crippen molar-refractivity contribution in [3.05, 3.63) is 34.9 Å². The minimum absolute atomic E-state index is 0.102. The second kappa shape index (κ2) is 9.40. The van der Waals surface area contributed by atoms with Gasteiger partial charge in [0.1, 0.15) is 0 Å². The highest BCUT2D eigenvalue weighted by atomic mass is 31.2. The molecule has 0 aromatic heterocycles. The van der Waals surface area contributed by atoms with E-state index in [1.54, 1.807) is 0 Å². The minimum Gasteiger partial charge on any atom is -0.381 e. The molecule has 30 heavy (non-hydrogen) atoms. The Hall–Kier alpha value is -0.750. The van der Waals surface area contributed by atoms with Crippen LogP contribution in [0.4, 0.5) is 0 Å². The lowest BCUT2D eigenvalue weighted by molar-refractivity contribution is 0.0756. The van der Waals surface area contributed by atoms with E-state index in [-0.39, 0.29) is 6.61 Å². The highest BCUT2D eigenvalue weighted by Crippen LogP contribution is 2.44. The molecular weight excluding hydrogens is 401 g/mol. The lowest BCUT2D eigenvalue weighted by Gasteiger charge is -2.27. The van der Waals surface area contributed by atoms with Crippen LogP contribution >= 0.6 is 7.82 Å². The minimum atomic E-state index is -4.48. The number of rotatable bonds is 8. The molecule has 3 rings (SSSR count). The normalized spacial score (nSPS) is 27.3. The number of fused-ring (bicyclic) bond motifs is 1. The summed E-state index contributed by atoms with van der Waals surface area (Å²) in [4.78, 5) is 17.9. The first kappa shape index (κ1) is 23.9. The number of ether oxygens (including phenoxy) is 1. The average Bonchev–Trinajstić information content (AvgIpc) is 3.05. The molecule has 1 saturated carbocycles. The Morgan fingerprint density at radius 3 is 2.70 bits per heavy atom. The molecule has 2 aliphatic carbocycles. The molecule has 0 saturated heterocycles. The van der Waals surface area contributed by atoms with Crippen molar-refractivity contribution in [1.82, 2.24) is 0 Å². The van der Waals surface area contributed by atoms with E-state index in [4.69, 9.17) is 24.8 Å². The summed E-state index contributed by atoms with van der Waals surface area (Å²) in [5.41, 5.74) is 10.1. The molecule has 0 unspecified atom stereocenters. The van der Waals surface area contributed by atoms with Crippen molar-refractivity contribution in [2.45, 2.75) is 77.2 Å². The van der Waals surface area contributed by atoms with Crippen LogP contribution in [0.25, 0.3) is 0 Å².